The van der Waals surface area contributed by atoms with E-state index in [4.69, 9.17) is 9.47 Å². The van der Waals surface area contributed by atoms with Crippen LogP contribution in [0.2, 0.25) is 0 Å². The molecular weight excluding hydrogens is 324 g/mol. The van der Waals surface area contributed by atoms with Gasteiger partial charge in [0.25, 0.3) is 0 Å². The lowest BCUT2D eigenvalue weighted by atomic mass is 9.95. The zero-order valence-corrected chi connectivity index (χ0v) is 14.3. The number of amides is 2. The van der Waals surface area contributed by atoms with Crippen molar-refractivity contribution in [2.45, 2.75) is 19.2 Å². The van der Waals surface area contributed by atoms with Crippen molar-refractivity contribution in [2.24, 2.45) is 0 Å². The molecule has 8 nitrogen and oxygen atoms in total. The molecule has 1 atom stereocenters. The van der Waals surface area contributed by atoms with Crippen LogP contribution >= 0.6 is 0 Å². The molecule has 0 saturated heterocycles. The quantitative estimate of drug-likeness (QED) is 0.848. The predicted molar refractivity (Wildman–Crippen MR) is 90.5 cm³/mol. The van der Waals surface area contributed by atoms with Crippen LogP contribution in [-0.2, 0) is 13.1 Å². The number of β-amino-alcohol motifs (C(OH)–C–C–N with tert-alkyl or cyclic N) is 1. The number of carbonyl (C=O) groups is 1. The number of hydrogen-bond donors (Lipinski definition) is 2. The third-order valence-corrected chi connectivity index (χ3v) is 4.28. The number of nitrogens with one attached hydrogen (secondary N) is 1. The number of imidazole rings is 1. The van der Waals surface area contributed by atoms with Crippen molar-refractivity contribution in [1.29, 1.82) is 0 Å². The van der Waals surface area contributed by atoms with Gasteiger partial charge in [-0.3, -0.25) is 0 Å². The van der Waals surface area contributed by atoms with E-state index in [1.54, 1.807) is 43.8 Å². The Morgan fingerprint density at radius 1 is 1.36 bits per heavy atom. The number of fused-ring (bicyclic) bond motifs is 1. The zero-order valence-electron chi connectivity index (χ0n) is 14.3. The molecule has 0 aliphatic carbocycles. The summed E-state index contributed by atoms with van der Waals surface area (Å²) in [5, 5.41) is 13.4. The van der Waals surface area contributed by atoms with Gasteiger partial charge in [0.1, 0.15) is 17.6 Å². The lowest BCUT2D eigenvalue weighted by molar-refractivity contribution is 0.101. The molecule has 2 heterocycles. The Kier molecular flexibility index (Phi) is 5.08. The van der Waals surface area contributed by atoms with Crippen LogP contribution in [0, 0.1) is 0 Å². The van der Waals surface area contributed by atoms with Gasteiger partial charge in [0.15, 0.2) is 0 Å². The number of methoxy groups -OCH3 is 2. The van der Waals surface area contributed by atoms with Gasteiger partial charge in [-0.15, -0.1) is 0 Å². The maximum atomic E-state index is 12.4. The molecule has 25 heavy (non-hydrogen) atoms. The Hall–Kier alpha value is -2.74. The molecule has 0 bridgehead atoms. The smallest absolute Gasteiger partial charge is 0.317 e. The molecule has 2 N–H and O–H groups in total. The van der Waals surface area contributed by atoms with Crippen molar-refractivity contribution in [3.8, 4) is 11.5 Å². The highest BCUT2D eigenvalue weighted by molar-refractivity contribution is 5.75. The maximum absolute atomic E-state index is 12.4. The van der Waals surface area contributed by atoms with Crippen molar-refractivity contribution in [3.63, 3.8) is 0 Å². The molecule has 1 aromatic carbocycles. The molecule has 0 saturated carbocycles. The Labute approximate surface area is 146 Å². The highest BCUT2D eigenvalue weighted by Gasteiger charge is 2.31. The first kappa shape index (κ1) is 17.1. The van der Waals surface area contributed by atoms with E-state index < -0.39 is 6.10 Å². The number of carbonyl (C=O) groups excluding carboxylic acids is 1. The average Bonchev–Trinajstić information content (AvgIpc) is 3.13. The van der Waals surface area contributed by atoms with E-state index in [2.05, 4.69) is 10.3 Å². The van der Waals surface area contributed by atoms with E-state index in [9.17, 15) is 9.90 Å². The predicted octanol–water partition coefficient (Wildman–Crippen LogP) is 1.16. The van der Waals surface area contributed by atoms with Gasteiger partial charge in [0.2, 0.25) is 0 Å². The maximum Gasteiger partial charge on any atom is 0.317 e. The van der Waals surface area contributed by atoms with E-state index in [-0.39, 0.29) is 12.6 Å². The molecule has 0 radical (unpaired) electrons. The van der Waals surface area contributed by atoms with Crippen LogP contribution in [0.15, 0.2) is 30.9 Å². The zero-order chi connectivity index (χ0) is 17.8. The Bertz CT molecular complexity index is 732. The van der Waals surface area contributed by atoms with E-state index in [1.807, 2.05) is 10.8 Å². The summed E-state index contributed by atoms with van der Waals surface area (Å²) < 4.78 is 12.6. The largest absolute Gasteiger partial charge is 0.496 e. The molecule has 2 aromatic rings. The molecule has 1 aliphatic heterocycles. The summed E-state index contributed by atoms with van der Waals surface area (Å²) in [5.74, 6) is 1.23. The van der Waals surface area contributed by atoms with Crippen LogP contribution in [-0.4, -0.2) is 52.9 Å². The first-order chi connectivity index (χ1) is 12.1. The molecular formula is C17H22N4O4. The van der Waals surface area contributed by atoms with Crippen LogP contribution in [0.1, 0.15) is 17.2 Å². The number of aliphatic hydroxyl groups is 1. The molecule has 1 aliphatic rings. The number of benzene rings is 1. The summed E-state index contributed by atoms with van der Waals surface area (Å²) >= 11 is 0. The molecule has 1 aromatic heterocycles. The second-order valence-corrected chi connectivity index (χ2v) is 5.79. The monoisotopic (exact) mass is 346 g/mol. The van der Waals surface area contributed by atoms with Gasteiger partial charge in [-0.2, -0.15) is 0 Å². The van der Waals surface area contributed by atoms with E-state index >= 15 is 0 Å². The second kappa shape index (κ2) is 7.43. The number of hydrogen-bond acceptors (Lipinski definition) is 5. The molecule has 0 spiro atoms. The highest BCUT2D eigenvalue weighted by atomic mass is 16.5. The van der Waals surface area contributed by atoms with Crippen molar-refractivity contribution < 1.29 is 19.4 Å². The summed E-state index contributed by atoms with van der Waals surface area (Å²) in [4.78, 5) is 18.0. The highest BCUT2D eigenvalue weighted by Crippen LogP contribution is 2.39. The molecule has 1 unspecified atom stereocenters. The number of urea groups is 1. The first-order valence-corrected chi connectivity index (χ1v) is 8.04. The van der Waals surface area contributed by atoms with Crippen molar-refractivity contribution in [1.82, 2.24) is 19.8 Å². The lowest BCUT2D eigenvalue weighted by Crippen LogP contribution is -2.45. The standard InChI is InChI=1S/C17H22N4O4/c1-24-14-3-4-15(25-2)16-12(14)9-21(10-13(16)22)17(23)19-6-8-20-7-5-18-11-20/h3-5,7,11,13,22H,6,8-10H2,1-2H3,(H,19,23). The fourth-order valence-electron chi connectivity index (χ4n) is 3.05. The summed E-state index contributed by atoms with van der Waals surface area (Å²) in [7, 11) is 3.13. The van der Waals surface area contributed by atoms with Crippen LogP contribution in [0.4, 0.5) is 4.79 Å². The minimum Gasteiger partial charge on any atom is -0.496 e. The summed E-state index contributed by atoms with van der Waals surface area (Å²) in [6.45, 7) is 1.66. The Morgan fingerprint density at radius 2 is 2.12 bits per heavy atom. The molecule has 8 heteroatoms. The Balaban J connectivity index is 1.70. The third-order valence-electron chi connectivity index (χ3n) is 4.28. The first-order valence-electron chi connectivity index (χ1n) is 8.04. The van der Waals surface area contributed by atoms with Crippen LogP contribution in [0.25, 0.3) is 0 Å². The third kappa shape index (κ3) is 3.53. The molecule has 0 fully saturated rings. The average molecular weight is 346 g/mol. The normalized spacial score (nSPS) is 16.3. The van der Waals surface area contributed by atoms with Gasteiger partial charge in [-0.25, -0.2) is 9.78 Å². The van der Waals surface area contributed by atoms with Gasteiger partial charge in [-0.1, -0.05) is 0 Å². The number of aromatic nitrogens is 2. The van der Waals surface area contributed by atoms with Crippen LogP contribution in [0.5, 0.6) is 11.5 Å². The fourth-order valence-corrected chi connectivity index (χ4v) is 3.05. The lowest BCUT2D eigenvalue weighted by Gasteiger charge is -2.34. The summed E-state index contributed by atoms with van der Waals surface area (Å²) in [6, 6.07) is 3.32. The van der Waals surface area contributed by atoms with Gasteiger partial charge in [0.05, 0.1) is 33.6 Å². The summed E-state index contributed by atoms with van der Waals surface area (Å²) in [6.07, 6.45) is 4.40. The van der Waals surface area contributed by atoms with Crippen LogP contribution < -0.4 is 14.8 Å². The number of nitrogens with zero attached hydrogens (tertiary/aromatic N) is 3. The van der Waals surface area contributed by atoms with Crippen molar-refractivity contribution in [2.75, 3.05) is 27.3 Å². The van der Waals surface area contributed by atoms with E-state index in [1.165, 1.54) is 0 Å². The van der Waals surface area contributed by atoms with Gasteiger partial charge >= 0.3 is 6.03 Å². The Morgan fingerprint density at radius 3 is 2.80 bits per heavy atom. The second-order valence-electron chi connectivity index (χ2n) is 5.79. The van der Waals surface area contributed by atoms with Crippen molar-refractivity contribution in [3.05, 3.63) is 42.0 Å². The van der Waals surface area contributed by atoms with Gasteiger partial charge < -0.3 is 29.4 Å². The van der Waals surface area contributed by atoms with E-state index in [0.717, 1.165) is 5.56 Å². The van der Waals surface area contributed by atoms with E-state index in [0.29, 0.717) is 36.7 Å². The number of ether oxygens (including phenoxy) is 2. The minimum absolute atomic E-state index is 0.202. The SMILES string of the molecule is COc1ccc(OC)c2c1CN(C(=O)NCCn1ccnc1)CC2O. The van der Waals surface area contributed by atoms with Gasteiger partial charge in [-0.05, 0) is 12.1 Å². The number of aliphatic hydroxyl groups excluding tert-OH is 1. The topological polar surface area (TPSA) is 88.9 Å². The number of rotatable bonds is 5. The minimum atomic E-state index is -0.826. The van der Waals surface area contributed by atoms with Crippen molar-refractivity contribution >= 4 is 6.03 Å². The summed E-state index contributed by atoms with van der Waals surface area (Å²) in [5.41, 5.74) is 1.45. The molecule has 3 rings (SSSR count). The van der Waals surface area contributed by atoms with Crippen LogP contribution in [0.3, 0.4) is 0 Å². The molecule has 2 amide bonds. The fraction of sp³-hybridized carbons (Fsp3) is 0.412. The van der Waals surface area contributed by atoms with Gasteiger partial charge in [0, 0.05) is 36.6 Å². The molecule has 134 valence electrons.